The van der Waals surface area contributed by atoms with Crippen LogP contribution in [0.25, 0.3) is 11.4 Å². The van der Waals surface area contributed by atoms with Crippen LogP contribution in [0.3, 0.4) is 0 Å². The number of nitrogen functional groups attached to an aromatic ring is 1. The monoisotopic (exact) mass is 256 g/mol. The van der Waals surface area contributed by atoms with Gasteiger partial charge in [0.05, 0.1) is 18.9 Å². The van der Waals surface area contributed by atoms with Crippen molar-refractivity contribution in [3.63, 3.8) is 0 Å². The molecule has 0 amide bonds. The predicted molar refractivity (Wildman–Crippen MR) is 73.4 cm³/mol. The Morgan fingerprint density at radius 1 is 1.21 bits per heavy atom. The van der Waals surface area contributed by atoms with E-state index in [1.807, 2.05) is 12.1 Å². The standard InChI is InChI=1S/C14H16N4O/c1-9-2-4-10(5-3-9)13-16-12-6-7-19-8-11(12)14(17-13)18-15/h2-5H,6-8,15H2,1H3,(H,16,17,18). The molecule has 98 valence electrons. The van der Waals surface area contributed by atoms with Crippen LogP contribution in [-0.4, -0.2) is 16.6 Å². The van der Waals surface area contributed by atoms with E-state index in [4.69, 9.17) is 10.6 Å². The van der Waals surface area contributed by atoms with Crippen molar-refractivity contribution in [3.05, 3.63) is 41.1 Å². The number of hydrogen-bond donors (Lipinski definition) is 2. The number of anilines is 1. The Bertz CT molecular complexity index is 578. The van der Waals surface area contributed by atoms with Gasteiger partial charge in [0.25, 0.3) is 0 Å². The van der Waals surface area contributed by atoms with Crippen molar-refractivity contribution >= 4 is 5.82 Å². The van der Waals surface area contributed by atoms with Crippen LogP contribution in [0.4, 0.5) is 5.82 Å². The zero-order valence-corrected chi connectivity index (χ0v) is 10.8. The van der Waals surface area contributed by atoms with Crippen LogP contribution >= 0.6 is 0 Å². The number of rotatable bonds is 2. The Balaban J connectivity index is 2.09. The largest absolute Gasteiger partial charge is 0.376 e. The number of nitrogens with zero attached hydrogens (tertiary/aromatic N) is 2. The van der Waals surface area contributed by atoms with Gasteiger partial charge in [0, 0.05) is 17.5 Å². The quantitative estimate of drug-likeness (QED) is 0.633. The summed E-state index contributed by atoms with van der Waals surface area (Å²) in [6.45, 7) is 3.27. The number of aryl methyl sites for hydroxylation is 1. The van der Waals surface area contributed by atoms with Gasteiger partial charge in [-0.3, -0.25) is 0 Å². The highest BCUT2D eigenvalue weighted by Gasteiger charge is 2.18. The number of fused-ring (bicyclic) bond motifs is 1. The second-order valence-corrected chi connectivity index (χ2v) is 4.63. The molecule has 19 heavy (non-hydrogen) atoms. The fraction of sp³-hybridized carbons (Fsp3) is 0.286. The van der Waals surface area contributed by atoms with E-state index in [1.165, 1.54) is 5.56 Å². The smallest absolute Gasteiger partial charge is 0.161 e. The lowest BCUT2D eigenvalue weighted by molar-refractivity contribution is 0.109. The summed E-state index contributed by atoms with van der Waals surface area (Å²) in [5.74, 6) is 6.90. The number of ether oxygens (including phenoxy) is 1. The molecule has 2 heterocycles. The molecule has 0 unspecified atom stereocenters. The van der Waals surface area contributed by atoms with Gasteiger partial charge in [-0.05, 0) is 6.92 Å². The minimum atomic E-state index is 0.517. The molecule has 2 aromatic rings. The summed E-state index contributed by atoms with van der Waals surface area (Å²) in [7, 11) is 0. The van der Waals surface area contributed by atoms with Gasteiger partial charge in [0.1, 0.15) is 5.82 Å². The van der Waals surface area contributed by atoms with Gasteiger partial charge in [-0.25, -0.2) is 15.8 Å². The molecule has 0 saturated heterocycles. The summed E-state index contributed by atoms with van der Waals surface area (Å²) in [6.07, 6.45) is 0.797. The van der Waals surface area contributed by atoms with Gasteiger partial charge in [-0.2, -0.15) is 0 Å². The molecule has 0 bridgehead atoms. The lowest BCUT2D eigenvalue weighted by Gasteiger charge is -2.19. The Morgan fingerprint density at radius 2 is 2.00 bits per heavy atom. The van der Waals surface area contributed by atoms with E-state index in [-0.39, 0.29) is 0 Å². The van der Waals surface area contributed by atoms with Crippen molar-refractivity contribution in [1.82, 2.24) is 9.97 Å². The number of hydrazine groups is 1. The number of nitrogens with one attached hydrogen (secondary N) is 1. The molecule has 1 aliphatic rings. The van der Waals surface area contributed by atoms with E-state index in [0.29, 0.717) is 24.9 Å². The number of hydrogen-bond acceptors (Lipinski definition) is 5. The van der Waals surface area contributed by atoms with Crippen molar-refractivity contribution in [2.45, 2.75) is 20.0 Å². The van der Waals surface area contributed by atoms with Crippen LogP contribution in [-0.2, 0) is 17.8 Å². The first-order valence-electron chi connectivity index (χ1n) is 6.29. The first-order chi connectivity index (χ1) is 9.28. The van der Waals surface area contributed by atoms with Crippen LogP contribution in [0.15, 0.2) is 24.3 Å². The van der Waals surface area contributed by atoms with Crippen LogP contribution in [0.1, 0.15) is 16.8 Å². The van der Waals surface area contributed by atoms with Crippen molar-refractivity contribution in [3.8, 4) is 11.4 Å². The van der Waals surface area contributed by atoms with E-state index < -0.39 is 0 Å². The lowest BCUT2D eigenvalue weighted by atomic mass is 10.1. The number of nitrogens with two attached hydrogens (primary N) is 1. The van der Waals surface area contributed by atoms with Gasteiger partial charge < -0.3 is 10.2 Å². The molecular weight excluding hydrogens is 240 g/mol. The summed E-state index contributed by atoms with van der Waals surface area (Å²) >= 11 is 0. The first-order valence-corrected chi connectivity index (χ1v) is 6.29. The molecule has 1 aromatic heterocycles. The summed E-state index contributed by atoms with van der Waals surface area (Å²) in [6, 6.07) is 8.15. The molecule has 0 atom stereocenters. The second kappa shape index (κ2) is 4.95. The van der Waals surface area contributed by atoms with E-state index >= 15 is 0 Å². The first kappa shape index (κ1) is 12.1. The fourth-order valence-electron chi connectivity index (χ4n) is 2.18. The van der Waals surface area contributed by atoms with Crippen LogP contribution in [0.2, 0.25) is 0 Å². The molecule has 3 N–H and O–H groups in total. The number of aromatic nitrogens is 2. The van der Waals surface area contributed by atoms with Crippen molar-refractivity contribution in [2.24, 2.45) is 5.84 Å². The molecule has 5 nitrogen and oxygen atoms in total. The third-order valence-corrected chi connectivity index (χ3v) is 3.27. The molecule has 0 radical (unpaired) electrons. The second-order valence-electron chi connectivity index (χ2n) is 4.63. The Morgan fingerprint density at radius 3 is 2.74 bits per heavy atom. The molecule has 0 aliphatic carbocycles. The van der Waals surface area contributed by atoms with Crippen LogP contribution in [0, 0.1) is 6.92 Å². The maximum Gasteiger partial charge on any atom is 0.161 e. The van der Waals surface area contributed by atoms with E-state index in [0.717, 1.165) is 23.2 Å². The average molecular weight is 256 g/mol. The summed E-state index contributed by atoms with van der Waals surface area (Å²) in [5.41, 5.74) is 6.84. The van der Waals surface area contributed by atoms with Crippen LogP contribution in [0.5, 0.6) is 0 Å². The Hall–Kier alpha value is -1.98. The molecule has 3 rings (SSSR count). The van der Waals surface area contributed by atoms with Crippen molar-refractivity contribution < 1.29 is 4.74 Å². The molecular formula is C14H16N4O. The summed E-state index contributed by atoms with van der Waals surface area (Å²) in [5, 5.41) is 0. The maximum absolute atomic E-state index is 5.55. The molecule has 5 heteroatoms. The van der Waals surface area contributed by atoms with Crippen molar-refractivity contribution in [1.29, 1.82) is 0 Å². The highest BCUT2D eigenvalue weighted by atomic mass is 16.5. The Kier molecular flexibility index (Phi) is 3.15. The van der Waals surface area contributed by atoms with Gasteiger partial charge in [-0.1, -0.05) is 29.8 Å². The van der Waals surface area contributed by atoms with E-state index in [1.54, 1.807) is 0 Å². The molecule has 0 fully saturated rings. The fourth-order valence-corrected chi connectivity index (χ4v) is 2.18. The molecule has 0 saturated carbocycles. The normalized spacial score (nSPS) is 14.0. The SMILES string of the molecule is Cc1ccc(-c2nc3c(c(NN)n2)COCC3)cc1. The van der Waals surface area contributed by atoms with Gasteiger partial charge >= 0.3 is 0 Å². The summed E-state index contributed by atoms with van der Waals surface area (Å²) < 4.78 is 5.42. The summed E-state index contributed by atoms with van der Waals surface area (Å²) in [4.78, 5) is 9.11. The predicted octanol–water partition coefficient (Wildman–Crippen LogP) is 1.81. The van der Waals surface area contributed by atoms with Gasteiger partial charge in [-0.15, -0.1) is 0 Å². The zero-order valence-electron chi connectivity index (χ0n) is 10.8. The highest BCUT2D eigenvalue weighted by Crippen LogP contribution is 2.25. The number of benzene rings is 1. The minimum absolute atomic E-state index is 0.517. The van der Waals surface area contributed by atoms with Crippen LogP contribution < -0.4 is 11.3 Å². The van der Waals surface area contributed by atoms with Gasteiger partial charge in [0.2, 0.25) is 0 Å². The third-order valence-electron chi connectivity index (χ3n) is 3.27. The molecule has 1 aromatic carbocycles. The lowest BCUT2D eigenvalue weighted by Crippen LogP contribution is -2.19. The Labute approximate surface area is 111 Å². The maximum atomic E-state index is 5.55. The topological polar surface area (TPSA) is 73.1 Å². The minimum Gasteiger partial charge on any atom is -0.376 e. The van der Waals surface area contributed by atoms with E-state index in [2.05, 4.69) is 34.5 Å². The van der Waals surface area contributed by atoms with Gasteiger partial charge in [0.15, 0.2) is 5.82 Å². The molecule has 1 aliphatic heterocycles. The average Bonchev–Trinajstić information content (AvgIpc) is 2.47. The molecule has 0 spiro atoms. The van der Waals surface area contributed by atoms with Crippen molar-refractivity contribution in [2.75, 3.05) is 12.0 Å². The zero-order chi connectivity index (χ0) is 13.2. The third kappa shape index (κ3) is 2.30. The van der Waals surface area contributed by atoms with E-state index in [9.17, 15) is 0 Å². The highest BCUT2D eigenvalue weighted by molar-refractivity contribution is 5.60.